The number of rotatable bonds is 8. The molecule has 0 saturated carbocycles. The number of halogens is 2. The van der Waals surface area contributed by atoms with Crippen LogP contribution in [0.5, 0.6) is 11.5 Å². The van der Waals surface area contributed by atoms with E-state index >= 15 is 0 Å². The molecule has 0 saturated heterocycles. The van der Waals surface area contributed by atoms with Crippen LogP contribution in [0.4, 0.5) is 17.1 Å². The predicted octanol–water partition coefficient (Wildman–Crippen LogP) is 4.10. The molecule has 0 spiro atoms. The number of amides is 1. The summed E-state index contributed by atoms with van der Waals surface area (Å²) >= 11 is 12.2. The monoisotopic (exact) mass is 609 g/mol. The summed E-state index contributed by atoms with van der Waals surface area (Å²) in [6, 6.07) is 15.5. The van der Waals surface area contributed by atoms with E-state index in [9.17, 15) is 22.9 Å². The smallest absolute Gasteiger partial charge is 0.870 e. The molecule has 0 heterocycles. The van der Waals surface area contributed by atoms with Crippen LogP contribution in [0, 0.1) is 0 Å². The molecule has 0 aromatic heterocycles. The molecule has 40 heavy (non-hydrogen) atoms. The van der Waals surface area contributed by atoms with Crippen LogP contribution >= 0.6 is 23.2 Å². The first kappa shape index (κ1) is 31.8. The maximum absolute atomic E-state index is 13.5. The average molecular weight is 610 g/mol. The van der Waals surface area contributed by atoms with Crippen LogP contribution in [0.15, 0.2) is 75.8 Å². The minimum absolute atomic E-state index is 0. The molecule has 4 aromatic rings. The Hall–Kier alpha value is -2.70. The Balaban J connectivity index is 0.00000441. The van der Waals surface area contributed by atoms with Crippen molar-refractivity contribution >= 4 is 67.1 Å². The molecular weight excluding hydrogens is 588 g/mol. The Labute approximate surface area is 263 Å². The SMILES string of the molecule is CCOc1c(Cl)cccc1NC(=O)c1cc2ccccc2c(N=Nc2c(CC)cc(Cl)cc2S(=O)(=O)O)c1[O-].[Na+]. The molecule has 0 bridgehead atoms. The summed E-state index contributed by atoms with van der Waals surface area (Å²) in [5.41, 5.74) is 0.0770. The summed E-state index contributed by atoms with van der Waals surface area (Å²) in [4.78, 5) is 12.7. The Morgan fingerprint density at radius 2 is 1.73 bits per heavy atom. The van der Waals surface area contributed by atoms with Crippen molar-refractivity contribution in [2.75, 3.05) is 11.9 Å². The Morgan fingerprint density at radius 1 is 1.02 bits per heavy atom. The molecule has 1 amide bonds. The summed E-state index contributed by atoms with van der Waals surface area (Å²) in [6.45, 7) is 3.81. The molecular formula is C27H22Cl2N3NaO6S. The van der Waals surface area contributed by atoms with Crippen molar-refractivity contribution in [3.63, 3.8) is 0 Å². The number of nitrogens with zero attached hydrogens (tertiary/aromatic N) is 2. The molecule has 202 valence electrons. The van der Waals surface area contributed by atoms with Gasteiger partial charge in [-0.1, -0.05) is 66.2 Å². The number of ether oxygens (including phenoxy) is 1. The second kappa shape index (κ2) is 13.3. The van der Waals surface area contributed by atoms with E-state index < -0.39 is 26.7 Å². The summed E-state index contributed by atoms with van der Waals surface area (Å²) in [5.74, 6) is -1.21. The molecule has 0 aliphatic carbocycles. The van der Waals surface area contributed by atoms with Gasteiger partial charge < -0.3 is 15.2 Å². The van der Waals surface area contributed by atoms with Crippen molar-refractivity contribution in [2.45, 2.75) is 25.2 Å². The summed E-state index contributed by atoms with van der Waals surface area (Å²) in [6.07, 6.45) is 0.312. The fourth-order valence-corrected chi connectivity index (χ4v) is 5.20. The predicted molar refractivity (Wildman–Crippen MR) is 149 cm³/mol. The number of aryl methyl sites for hydroxylation is 1. The molecule has 2 N–H and O–H groups in total. The summed E-state index contributed by atoms with van der Waals surface area (Å²) in [7, 11) is -4.72. The number of para-hydroxylation sites is 1. The molecule has 0 unspecified atom stereocenters. The zero-order valence-corrected chi connectivity index (χ0v) is 26.1. The van der Waals surface area contributed by atoms with E-state index in [4.69, 9.17) is 27.9 Å². The van der Waals surface area contributed by atoms with Gasteiger partial charge in [-0.25, -0.2) is 0 Å². The minimum atomic E-state index is -4.72. The summed E-state index contributed by atoms with van der Waals surface area (Å²) < 4.78 is 39.4. The number of azo groups is 1. The van der Waals surface area contributed by atoms with E-state index in [0.717, 1.165) is 6.07 Å². The van der Waals surface area contributed by atoms with Gasteiger partial charge in [0.25, 0.3) is 16.0 Å². The third-order valence-electron chi connectivity index (χ3n) is 5.75. The second-order valence-electron chi connectivity index (χ2n) is 8.27. The fraction of sp³-hybridized carbons (Fsp3) is 0.148. The maximum Gasteiger partial charge on any atom is 1.00 e. The van der Waals surface area contributed by atoms with Crippen molar-refractivity contribution in [3.05, 3.63) is 81.8 Å². The van der Waals surface area contributed by atoms with Crippen molar-refractivity contribution < 1.29 is 57.2 Å². The van der Waals surface area contributed by atoms with E-state index in [1.807, 2.05) is 0 Å². The number of hydrogen-bond donors (Lipinski definition) is 2. The van der Waals surface area contributed by atoms with Gasteiger partial charge in [-0.05, 0) is 54.6 Å². The number of fused-ring (bicyclic) bond motifs is 1. The van der Waals surface area contributed by atoms with Crippen LogP contribution in [-0.4, -0.2) is 25.5 Å². The third kappa shape index (κ3) is 6.77. The summed E-state index contributed by atoms with van der Waals surface area (Å²) in [5, 5.41) is 25.6. The van der Waals surface area contributed by atoms with Crippen LogP contribution < -0.4 is 44.7 Å². The molecule has 4 rings (SSSR count). The largest absolute Gasteiger partial charge is 1.00 e. The molecule has 0 fully saturated rings. The number of carbonyl (C=O) groups is 1. The van der Waals surface area contributed by atoms with Gasteiger partial charge in [-0.2, -0.15) is 13.5 Å². The molecule has 4 aromatic carbocycles. The molecule has 0 atom stereocenters. The van der Waals surface area contributed by atoms with Crippen LogP contribution in [0.1, 0.15) is 29.8 Å². The second-order valence-corrected chi connectivity index (χ2v) is 10.5. The van der Waals surface area contributed by atoms with E-state index in [-0.39, 0.29) is 68.0 Å². The first-order chi connectivity index (χ1) is 18.5. The number of benzene rings is 4. The molecule has 0 aliphatic rings. The topological polar surface area (TPSA) is 140 Å². The van der Waals surface area contributed by atoms with Gasteiger partial charge in [0, 0.05) is 16.0 Å². The zero-order chi connectivity index (χ0) is 28.3. The third-order valence-corrected chi connectivity index (χ3v) is 7.13. The van der Waals surface area contributed by atoms with Crippen LogP contribution in [0.3, 0.4) is 0 Å². The van der Waals surface area contributed by atoms with Crippen LogP contribution in [0.25, 0.3) is 10.8 Å². The van der Waals surface area contributed by atoms with E-state index in [2.05, 4.69) is 15.5 Å². The molecule has 0 radical (unpaired) electrons. The number of carbonyl (C=O) groups excluding carboxylic acids is 1. The van der Waals surface area contributed by atoms with Crippen molar-refractivity contribution in [2.24, 2.45) is 10.2 Å². The quantitative estimate of drug-likeness (QED) is 0.175. The Bertz CT molecular complexity index is 1730. The standard InChI is InChI=1S/C27H23Cl2N3O6S.Na/c1-3-15-12-17(28)14-22(39(35,36)37)23(15)31-32-24-18-9-6-5-8-16(18)13-19(25(24)33)27(34)30-21-11-7-10-20(29)26(21)38-4-2;/h5-14,33H,3-4H2,1-2H3,(H,30,34)(H,35,36,37);/q;+1/p-1. The van der Waals surface area contributed by atoms with Gasteiger partial charge in [-0.3, -0.25) is 9.35 Å². The first-order valence-corrected chi connectivity index (χ1v) is 13.9. The van der Waals surface area contributed by atoms with Gasteiger partial charge in [-0.15, -0.1) is 5.11 Å². The Kier molecular flexibility index (Phi) is 10.6. The normalized spacial score (nSPS) is 11.4. The Morgan fingerprint density at radius 3 is 2.40 bits per heavy atom. The minimum Gasteiger partial charge on any atom is -0.870 e. The maximum atomic E-state index is 13.5. The van der Waals surface area contributed by atoms with Gasteiger partial charge >= 0.3 is 29.6 Å². The molecule has 9 nitrogen and oxygen atoms in total. The van der Waals surface area contributed by atoms with Crippen LogP contribution in [-0.2, 0) is 16.5 Å². The van der Waals surface area contributed by atoms with Gasteiger partial charge in [0.15, 0.2) is 5.75 Å². The van der Waals surface area contributed by atoms with Crippen molar-refractivity contribution in [1.82, 2.24) is 0 Å². The average Bonchev–Trinajstić information content (AvgIpc) is 2.89. The van der Waals surface area contributed by atoms with E-state index in [1.165, 1.54) is 12.1 Å². The van der Waals surface area contributed by atoms with Gasteiger partial charge in [0.2, 0.25) is 0 Å². The van der Waals surface area contributed by atoms with Gasteiger partial charge in [0.05, 0.1) is 23.0 Å². The van der Waals surface area contributed by atoms with Crippen LogP contribution in [0.2, 0.25) is 10.0 Å². The number of nitrogens with one attached hydrogen (secondary N) is 1. The number of anilines is 1. The zero-order valence-electron chi connectivity index (χ0n) is 21.7. The number of hydrogen-bond acceptors (Lipinski definition) is 7. The fourth-order valence-electron chi connectivity index (χ4n) is 3.97. The van der Waals surface area contributed by atoms with Crippen molar-refractivity contribution in [3.8, 4) is 11.5 Å². The molecule has 13 heteroatoms. The van der Waals surface area contributed by atoms with Crippen molar-refractivity contribution in [1.29, 1.82) is 0 Å². The van der Waals surface area contributed by atoms with E-state index in [1.54, 1.807) is 56.3 Å². The first-order valence-electron chi connectivity index (χ1n) is 11.7. The van der Waals surface area contributed by atoms with Gasteiger partial charge in [0.1, 0.15) is 10.6 Å². The van der Waals surface area contributed by atoms with E-state index in [0.29, 0.717) is 29.4 Å². The molecule has 0 aliphatic heterocycles.